The number of aryl methyl sites for hydroxylation is 2. The molecule has 3 aromatic carbocycles. The van der Waals surface area contributed by atoms with Crippen molar-refractivity contribution in [2.45, 2.75) is 13.8 Å². The maximum absolute atomic E-state index is 13.1. The first-order chi connectivity index (χ1) is 14.4. The van der Waals surface area contributed by atoms with Crippen LogP contribution >= 0.6 is 12.2 Å². The van der Waals surface area contributed by atoms with E-state index in [4.69, 9.17) is 16.6 Å². The summed E-state index contributed by atoms with van der Waals surface area (Å²) in [6, 6.07) is 16.8. The van der Waals surface area contributed by atoms with E-state index in [1.807, 2.05) is 32.0 Å². The molecule has 0 aliphatic rings. The summed E-state index contributed by atoms with van der Waals surface area (Å²) in [5.41, 5.74) is 5.10. The molecule has 0 bridgehead atoms. The number of nitrogens with one attached hydrogen (secondary N) is 2. The first-order valence-electron chi connectivity index (χ1n) is 9.24. The van der Waals surface area contributed by atoms with E-state index in [0.717, 1.165) is 11.1 Å². The van der Waals surface area contributed by atoms with Crippen LogP contribution in [0.1, 0.15) is 21.5 Å². The molecule has 4 rings (SSSR count). The Kier molecular flexibility index (Phi) is 5.29. The number of thiocarbonyl (C=S) groups is 1. The molecule has 5 nitrogen and oxygen atoms in total. The number of hydrogen-bond donors (Lipinski definition) is 2. The normalized spacial score (nSPS) is 10.8. The number of carbonyl (C=O) groups is 1. The Bertz CT molecular complexity index is 1250. The van der Waals surface area contributed by atoms with Crippen LogP contribution in [0.25, 0.3) is 22.6 Å². The topological polar surface area (TPSA) is 67.2 Å². The van der Waals surface area contributed by atoms with Crippen LogP contribution in [0.3, 0.4) is 0 Å². The molecule has 30 heavy (non-hydrogen) atoms. The molecule has 0 radical (unpaired) electrons. The molecule has 2 N–H and O–H groups in total. The number of carbonyl (C=O) groups excluding carboxylic acids is 1. The van der Waals surface area contributed by atoms with E-state index < -0.39 is 0 Å². The highest BCUT2D eigenvalue weighted by Crippen LogP contribution is 2.26. The molecular formula is C23H18FN3O2S. The van der Waals surface area contributed by atoms with E-state index in [-0.39, 0.29) is 16.8 Å². The summed E-state index contributed by atoms with van der Waals surface area (Å²) >= 11 is 5.27. The first-order valence-corrected chi connectivity index (χ1v) is 9.65. The highest BCUT2D eigenvalue weighted by molar-refractivity contribution is 7.80. The van der Waals surface area contributed by atoms with Crippen molar-refractivity contribution in [3.8, 4) is 11.5 Å². The molecule has 1 amide bonds. The molecule has 0 aliphatic heterocycles. The molecule has 1 aromatic heterocycles. The molecule has 0 aliphatic carbocycles. The van der Waals surface area contributed by atoms with Gasteiger partial charge in [0.2, 0.25) is 5.89 Å². The zero-order valence-corrected chi connectivity index (χ0v) is 17.1. The molecule has 150 valence electrons. The molecular weight excluding hydrogens is 401 g/mol. The predicted molar refractivity (Wildman–Crippen MR) is 119 cm³/mol. The number of halogens is 1. The SMILES string of the molecule is Cc1cc(C)cc(C(=O)NC(=S)Nc2ccc3oc(-c4ccc(F)cc4)nc3c2)c1. The molecule has 0 saturated carbocycles. The van der Waals surface area contributed by atoms with Crippen molar-refractivity contribution >= 4 is 40.0 Å². The van der Waals surface area contributed by atoms with E-state index in [9.17, 15) is 9.18 Å². The number of oxazole rings is 1. The molecule has 0 saturated heterocycles. The summed E-state index contributed by atoms with van der Waals surface area (Å²) in [6.45, 7) is 3.88. The second kappa shape index (κ2) is 8.04. The fourth-order valence-corrected chi connectivity index (χ4v) is 3.38. The van der Waals surface area contributed by atoms with E-state index in [1.54, 1.807) is 30.3 Å². The van der Waals surface area contributed by atoms with Gasteiger partial charge >= 0.3 is 0 Å². The molecule has 1 heterocycles. The Morgan fingerprint density at radius 2 is 1.70 bits per heavy atom. The average molecular weight is 419 g/mol. The maximum Gasteiger partial charge on any atom is 0.257 e. The lowest BCUT2D eigenvalue weighted by molar-refractivity contribution is 0.0977. The number of anilines is 1. The van der Waals surface area contributed by atoms with Gasteiger partial charge in [-0.25, -0.2) is 9.37 Å². The van der Waals surface area contributed by atoms with Crippen molar-refractivity contribution in [2.75, 3.05) is 5.32 Å². The number of aromatic nitrogens is 1. The third kappa shape index (κ3) is 4.36. The lowest BCUT2D eigenvalue weighted by atomic mass is 10.1. The summed E-state index contributed by atoms with van der Waals surface area (Å²) < 4.78 is 18.9. The van der Waals surface area contributed by atoms with E-state index in [2.05, 4.69) is 15.6 Å². The van der Waals surface area contributed by atoms with Crippen molar-refractivity contribution in [2.24, 2.45) is 0 Å². The van der Waals surface area contributed by atoms with Crippen molar-refractivity contribution in [3.63, 3.8) is 0 Å². The van der Waals surface area contributed by atoms with Gasteiger partial charge in [0.1, 0.15) is 11.3 Å². The molecule has 0 atom stereocenters. The molecule has 0 spiro atoms. The lowest BCUT2D eigenvalue weighted by Gasteiger charge is -2.10. The average Bonchev–Trinajstić information content (AvgIpc) is 3.11. The van der Waals surface area contributed by atoms with Gasteiger partial charge in [-0.3, -0.25) is 10.1 Å². The molecule has 0 unspecified atom stereocenters. The fraction of sp³-hybridized carbons (Fsp3) is 0.0870. The van der Waals surface area contributed by atoms with Crippen molar-refractivity contribution < 1.29 is 13.6 Å². The van der Waals surface area contributed by atoms with Crippen LogP contribution in [0.5, 0.6) is 0 Å². The van der Waals surface area contributed by atoms with Crippen LogP contribution in [-0.4, -0.2) is 16.0 Å². The van der Waals surface area contributed by atoms with E-state index in [0.29, 0.717) is 33.8 Å². The van der Waals surface area contributed by atoms with Gasteiger partial charge in [-0.2, -0.15) is 0 Å². The van der Waals surface area contributed by atoms with Gasteiger partial charge in [-0.1, -0.05) is 17.2 Å². The smallest absolute Gasteiger partial charge is 0.257 e. The zero-order chi connectivity index (χ0) is 21.3. The van der Waals surface area contributed by atoms with Crippen molar-refractivity contribution in [3.05, 3.63) is 83.2 Å². The van der Waals surface area contributed by atoms with Gasteiger partial charge < -0.3 is 9.73 Å². The second-order valence-corrected chi connectivity index (χ2v) is 7.40. The second-order valence-electron chi connectivity index (χ2n) is 6.99. The quantitative estimate of drug-likeness (QED) is 0.437. The third-order valence-electron chi connectivity index (χ3n) is 4.45. The number of rotatable bonds is 3. The Labute approximate surface area is 177 Å². The van der Waals surface area contributed by atoms with Crippen LogP contribution in [0.15, 0.2) is 65.1 Å². The summed E-state index contributed by atoms with van der Waals surface area (Å²) in [5.74, 6) is -0.203. The van der Waals surface area contributed by atoms with Crippen LogP contribution < -0.4 is 10.6 Å². The summed E-state index contributed by atoms with van der Waals surface area (Å²) in [6.07, 6.45) is 0. The van der Waals surface area contributed by atoms with Crippen LogP contribution in [0, 0.1) is 19.7 Å². The number of benzene rings is 3. The highest BCUT2D eigenvalue weighted by Gasteiger charge is 2.12. The number of hydrogen-bond acceptors (Lipinski definition) is 4. The van der Waals surface area contributed by atoms with Crippen molar-refractivity contribution in [1.29, 1.82) is 0 Å². The van der Waals surface area contributed by atoms with Crippen LogP contribution in [0.4, 0.5) is 10.1 Å². The highest BCUT2D eigenvalue weighted by atomic mass is 32.1. The third-order valence-corrected chi connectivity index (χ3v) is 4.65. The molecule has 0 fully saturated rings. The van der Waals surface area contributed by atoms with Gasteiger partial charge in [0.15, 0.2) is 10.7 Å². The molecule has 4 aromatic rings. The van der Waals surface area contributed by atoms with Gasteiger partial charge in [-0.05, 0) is 80.7 Å². The largest absolute Gasteiger partial charge is 0.436 e. The van der Waals surface area contributed by atoms with Crippen LogP contribution in [0.2, 0.25) is 0 Å². The summed E-state index contributed by atoms with van der Waals surface area (Å²) in [4.78, 5) is 16.9. The number of amides is 1. The zero-order valence-electron chi connectivity index (χ0n) is 16.3. The standard InChI is InChI=1S/C23H18FN3O2S/c1-13-9-14(2)11-16(10-13)21(28)27-23(30)25-18-7-8-20-19(12-18)26-22(29-20)15-3-5-17(24)6-4-15/h3-12H,1-2H3,(H2,25,27,28,30). The van der Waals surface area contributed by atoms with Gasteiger partial charge in [0, 0.05) is 16.8 Å². The predicted octanol–water partition coefficient (Wildman–Crippen LogP) is 5.38. The monoisotopic (exact) mass is 419 g/mol. The van der Waals surface area contributed by atoms with Gasteiger partial charge in [-0.15, -0.1) is 0 Å². The number of fused-ring (bicyclic) bond motifs is 1. The van der Waals surface area contributed by atoms with Gasteiger partial charge in [0.05, 0.1) is 0 Å². The minimum Gasteiger partial charge on any atom is -0.436 e. The minimum absolute atomic E-state index is 0.181. The fourth-order valence-electron chi connectivity index (χ4n) is 3.16. The van der Waals surface area contributed by atoms with E-state index in [1.165, 1.54) is 12.1 Å². The number of nitrogens with zero attached hydrogens (tertiary/aromatic N) is 1. The molecule has 7 heteroatoms. The van der Waals surface area contributed by atoms with E-state index >= 15 is 0 Å². The Hall–Kier alpha value is -3.58. The van der Waals surface area contributed by atoms with Crippen molar-refractivity contribution in [1.82, 2.24) is 10.3 Å². The summed E-state index contributed by atoms with van der Waals surface area (Å²) in [5, 5.41) is 5.86. The lowest BCUT2D eigenvalue weighted by Crippen LogP contribution is -2.34. The van der Waals surface area contributed by atoms with Crippen LogP contribution in [-0.2, 0) is 0 Å². The minimum atomic E-state index is -0.322. The van der Waals surface area contributed by atoms with Gasteiger partial charge in [0.25, 0.3) is 5.91 Å². The Morgan fingerprint density at radius 3 is 2.40 bits per heavy atom. The Morgan fingerprint density at radius 1 is 1.00 bits per heavy atom. The Balaban J connectivity index is 1.48. The maximum atomic E-state index is 13.1. The summed E-state index contributed by atoms with van der Waals surface area (Å²) in [7, 11) is 0. The first kappa shape index (κ1) is 19.7.